The second-order valence-electron chi connectivity index (χ2n) is 7.16. The Bertz CT molecular complexity index is 806. The lowest BCUT2D eigenvalue weighted by molar-refractivity contribution is -0.160. The Morgan fingerprint density at radius 2 is 1.24 bits per heavy atom. The standard InChI is InChI=1S/C23H26N2O4/c1-17(22(27)25-15-13-24(14-16-25)18(2)26)29-23(28)21(19-9-5-3-6-10-19)20-11-7-4-8-12-20/h3-12,17,21H,13-16H2,1-2H3. The van der Waals surface area contributed by atoms with Crippen LogP contribution in [-0.2, 0) is 19.1 Å². The van der Waals surface area contributed by atoms with Crippen LogP contribution in [0.25, 0.3) is 0 Å². The minimum Gasteiger partial charge on any atom is -0.452 e. The average molecular weight is 394 g/mol. The molecule has 0 radical (unpaired) electrons. The van der Waals surface area contributed by atoms with E-state index >= 15 is 0 Å². The minimum absolute atomic E-state index is 0.00476. The van der Waals surface area contributed by atoms with Crippen molar-refractivity contribution in [2.45, 2.75) is 25.9 Å². The number of benzene rings is 2. The zero-order valence-electron chi connectivity index (χ0n) is 16.8. The van der Waals surface area contributed by atoms with Crippen molar-refractivity contribution in [3.8, 4) is 0 Å². The summed E-state index contributed by atoms with van der Waals surface area (Å²) in [7, 11) is 0. The molecule has 6 nitrogen and oxygen atoms in total. The van der Waals surface area contributed by atoms with E-state index < -0.39 is 18.0 Å². The number of esters is 1. The normalized spacial score (nSPS) is 15.1. The van der Waals surface area contributed by atoms with Crippen LogP contribution < -0.4 is 0 Å². The Morgan fingerprint density at radius 3 is 1.69 bits per heavy atom. The smallest absolute Gasteiger partial charge is 0.318 e. The molecule has 0 spiro atoms. The van der Waals surface area contributed by atoms with Gasteiger partial charge in [-0.05, 0) is 18.1 Å². The molecule has 2 amide bonds. The lowest BCUT2D eigenvalue weighted by Crippen LogP contribution is -2.52. The Kier molecular flexibility index (Phi) is 6.65. The summed E-state index contributed by atoms with van der Waals surface area (Å²) < 4.78 is 5.60. The van der Waals surface area contributed by atoms with Crippen molar-refractivity contribution >= 4 is 17.8 Å². The van der Waals surface area contributed by atoms with Crippen LogP contribution in [0.5, 0.6) is 0 Å². The molecule has 1 saturated heterocycles. The number of ether oxygens (including phenoxy) is 1. The van der Waals surface area contributed by atoms with Gasteiger partial charge in [-0.25, -0.2) is 0 Å². The molecule has 0 bridgehead atoms. The summed E-state index contributed by atoms with van der Waals surface area (Å²) in [4.78, 5) is 40.6. The second-order valence-corrected chi connectivity index (χ2v) is 7.16. The largest absolute Gasteiger partial charge is 0.452 e. The van der Waals surface area contributed by atoms with E-state index in [0.29, 0.717) is 26.2 Å². The molecule has 1 aliphatic heterocycles. The SMILES string of the molecule is CC(=O)N1CCN(C(=O)C(C)OC(=O)C(c2ccccc2)c2ccccc2)CC1. The van der Waals surface area contributed by atoms with Crippen LogP contribution in [0, 0.1) is 0 Å². The number of nitrogens with zero attached hydrogens (tertiary/aromatic N) is 2. The number of carbonyl (C=O) groups excluding carboxylic acids is 3. The molecular weight excluding hydrogens is 368 g/mol. The van der Waals surface area contributed by atoms with Gasteiger partial charge in [0, 0.05) is 33.1 Å². The van der Waals surface area contributed by atoms with Gasteiger partial charge in [0.1, 0.15) is 5.92 Å². The predicted octanol–water partition coefficient (Wildman–Crippen LogP) is 2.44. The molecule has 0 aromatic heterocycles. The summed E-state index contributed by atoms with van der Waals surface area (Å²) in [6.07, 6.45) is -0.888. The fourth-order valence-corrected chi connectivity index (χ4v) is 3.55. The third-order valence-corrected chi connectivity index (χ3v) is 5.18. The molecule has 152 valence electrons. The van der Waals surface area contributed by atoms with Gasteiger partial charge in [0.2, 0.25) is 5.91 Å². The van der Waals surface area contributed by atoms with Crippen molar-refractivity contribution in [3.05, 3.63) is 71.8 Å². The second kappa shape index (κ2) is 9.37. The molecule has 0 N–H and O–H groups in total. The highest BCUT2D eigenvalue weighted by molar-refractivity contribution is 5.87. The summed E-state index contributed by atoms with van der Waals surface area (Å²) in [6.45, 7) is 5.01. The maximum atomic E-state index is 13.0. The Labute approximate surface area is 171 Å². The zero-order chi connectivity index (χ0) is 20.8. The zero-order valence-corrected chi connectivity index (χ0v) is 16.8. The maximum absolute atomic E-state index is 13.0. The molecule has 3 rings (SSSR count). The molecule has 0 aliphatic carbocycles. The van der Waals surface area contributed by atoms with Gasteiger partial charge in [-0.1, -0.05) is 60.7 Å². The van der Waals surface area contributed by atoms with Crippen molar-refractivity contribution in [2.24, 2.45) is 0 Å². The summed E-state index contributed by atoms with van der Waals surface area (Å²) in [5.74, 6) is -1.28. The van der Waals surface area contributed by atoms with Crippen molar-refractivity contribution in [2.75, 3.05) is 26.2 Å². The molecule has 1 unspecified atom stereocenters. The molecule has 29 heavy (non-hydrogen) atoms. The highest BCUT2D eigenvalue weighted by Crippen LogP contribution is 2.26. The van der Waals surface area contributed by atoms with Crippen molar-refractivity contribution in [3.63, 3.8) is 0 Å². The molecule has 6 heteroatoms. The summed E-state index contributed by atoms with van der Waals surface area (Å²) in [5, 5.41) is 0. The Hall–Kier alpha value is -3.15. The van der Waals surface area contributed by atoms with Gasteiger partial charge in [-0.3, -0.25) is 14.4 Å². The molecule has 1 aliphatic rings. The van der Waals surface area contributed by atoms with Crippen LogP contribution in [0.4, 0.5) is 0 Å². The highest BCUT2D eigenvalue weighted by atomic mass is 16.5. The van der Waals surface area contributed by atoms with Gasteiger partial charge in [0.05, 0.1) is 0 Å². The minimum atomic E-state index is -0.888. The van der Waals surface area contributed by atoms with Crippen LogP contribution in [0.2, 0.25) is 0 Å². The van der Waals surface area contributed by atoms with E-state index in [1.165, 1.54) is 6.92 Å². The van der Waals surface area contributed by atoms with Gasteiger partial charge in [0.15, 0.2) is 6.10 Å². The number of hydrogen-bond donors (Lipinski definition) is 0. The van der Waals surface area contributed by atoms with E-state index in [2.05, 4.69) is 0 Å². The summed E-state index contributed by atoms with van der Waals surface area (Å²) in [5.41, 5.74) is 1.64. The van der Waals surface area contributed by atoms with E-state index in [9.17, 15) is 14.4 Å². The third kappa shape index (κ3) is 5.02. The molecule has 2 aromatic carbocycles. The van der Waals surface area contributed by atoms with Crippen LogP contribution >= 0.6 is 0 Å². The van der Waals surface area contributed by atoms with E-state index in [1.54, 1.807) is 16.7 Å². The molecule has 1 atom stereocenters. The lowest BCUT2D eigenvalue weighted by Gasteiger charge is -2.35. The Morgan fingerprint density at radius 1 is 0.793 bits per heavy atom. The fourth-order valence-electron chi connectivity index (χ4n) is 3.55. The molecule has 0 saturated carbocycles. The molecular formula is C23H26N2O4. The van der Waals surface area contributed by atoms with Gasteiger partial charge in [-0.2, -0.15) is 0 Å². The van der Waals surface area contributed by atoms with Crippen LogP contribution in [0.3, 0.4) is 0 Å². The number of rotatable bonds is 5. The number of amides is 2. The number of carbonyl (C=O) groups is 3. The maximum Gasteiger partial charge on any atom is 0.318 e. The predicted molar refractivity (Wildman–Crippen MR) is 109 cm³/mol. The van der Waals surface area contributed by atoms with Crippen molar-refractivity contribution in [1.82, 2.24) is 9.80 Å². The topological polar surface area (TPSA) is 66.9 Å². The van der Waals surface area contributed by atoms with Crippen LogP contribution in [-0.4, -0.2) is 59.9 Å². The van der Waals surface area contributed by atoms with Gasteiger partial charge in [0.25, 0.3) is 5.91 Å². The average Bonchev–Trinajstić information content (AvgIpc) is 2.75. The third-order valence-electron chi connectivity index (χ3n) is 5.18. The molecule has 1 fully saturated rings. The lowest BCUT2D eigenvalue weighted by atomic mass is 9.91. The van der Waals surface area contributed by atoms with E-state index in [1.807, 2.05) is 60.7 Å². The van der Waals surface area contributed by atoms with E-state index in [0.717, 1.165) is 11.1 Å². The first-order valence-corrected chi connectivity index (χ1v) is 9.82. The number of hydrogen-bond acceptors (Lipinski definition) is 4. The summed E-state index contributed by atoms with van der Waals surface area (Å²) >= 11 is 0. The highest BCUT2D eigenvalue weighted by Gasteiger charge is 2.31. The van der Waals surface area contributed by atoms with Crippen LogP contribution in [0.15, 0.2) is 60.7 Å². The monoisotopic (exact) mass is 394 g/mol. The van der Waals surface area contributed by atoms with Crippen molar-refractivity contribution < 1.29 is 19.1 Å². The van der Waals surface area contributed by atoms with Gasteiger partial charge < -0.3 is 14.5 Å². The van der Waals surface area contributed by atoms with Crippen molar-refractivity contribution in [1.29, 1.82) is 0 Å². The molecule has 1 heterocycles. The van der Waals surface area contributed by atoms with Gasteiger partial charge >= 0.3 is 5.97 Å². The number of piperazine rings is 1. The van der Waals surface area contributed by atoms with E-state index in [4.69, 9.17) is 4.74 Å². The van der Waals surface area contributed by atoms with Gasteiger partial charge in [-0.15, -0.1) is 0 Å². The first-order valence-electron chi connectivity index (χ1n) is 9.82. The Balaban J connectivity index is 1.69. The summed E-state index contributed by atoms with van der Waals surface area (Å²) in [6, 6.07) is 18.8. The molecule has 2 aromatic rings. The first kappa shape index (κ1) is 20.6. The van der Waals surface area contributed by atoms with Crippen LogP contribution in [0.1, 0.15) is 30.9 Å². The quantitative estimate of drug-likeness (QED) is 0.731. The van der Waals surface area contributed by atoms with E-state index in [-0.39, 0.29) is 11.8 Å². The first-order chi connectivity index (χ1) is 14.0. The fraction of sp³-hybridized carbons (Fsp3) is 0.348.